The van der Waals surface area contributed by atoms with Gasteiger partial charge in [-0.25, -0.2) is 4.79 Å². The first kappa shape index (κ1) is 14.4. The Hall–Kier alpha value is -1.99. The van der Waals surface area contributed by atoms with Gasteiger partial charge in [-0.3, -0.25) is 4.79 Å². The number of fused-ring (bicyclic) bond motifs is 1. The fourth-order valence-corrected chi connectivity index (χ4v) is 1.93. The predicted molar refractivity (Wildman–Crippen MR) is 67.9 cm³/mol. The van der Waals surface area contributed by atoms with Crippen molar-refractivity contribution in [3.05, 3.63) is 22.7 Å². The van der Waals surface area contributed by atoms with Crippen LogP contribution in [0.25, 0.3) is 0 Å². The number of aliphatic hydroxyl groups excluding tert-OH is 1. The fraction of sp³-hybridized carbons (Fsp3) is 0.333. The number of methoxy groups -OCH3 is 1. The smallest absolute Gasteiger partial charge is 0.330 e. The maximum atomic E-state index is 12.0. The van der Waals surface area contributed by atoms with Crippen LogP contribution in [0.15, 0.2) is 12.1 Å². The van der Waals surface area contributed by atoms with Gasteiger partial charge in [0.05, 0.1) is 18.7 Å². The van der Waals surface area contributed by atoms with Crippen molar-refractivity contribution in [2.24, 2.45) is 0 Å². The Morgan fingerprint density at radius 1 is 1.50 bits per heavy atom. The first-order valence-corrected chi connectivity index (χ1v) is 6.03. The molecule has 0 bridgehead atoms. The second-order valence-electron chi connectivity index (χ2n) is 3.92. The van der Waals surface area contributed by atoms with Crippen LogP contribution in [-0.4, -0.2) is 43.5 Å². The molecular formula is C12H12ClNO6. The average molecular weight is 302 g/mol. The zero-order valence-corrected chi connectivity index (χ0v) is 11.3. The summed E-state index contributed by atoms with van der Waals surface area (Å²) in [6, 6.07) is 1.68. The van der Waals surface area contributed by atoms with Gasteiger partial charge in [-0.05, 0) is 12.1 Å². The van der Waals surface area contributed by atoms with E-state index in [1.165, 1.54) is 12.1 Å². The lowest BCUT2D eigenvalue weighted by Gasteiger charge is -2.14. The molecule has 0 saturated heterocycles. The molecule has 1 aliphatic heterocycles. The summed E-state index contributed by atoms with van der Waals surface area (Å²) < 4.78 is 14.7. The van der Waals surface area contributed by atoms with Crippen molar-refractivity contribution in [1.82, 2.24) is 5.32 Å². The van der Waals surface area contributed by atoms with Crippen LogP contribution in [0, 0.1) is 0 Å². The molecule has 2 N–H and O–H groups in total. The van der Waals surface area contributed by atoms with E-state index in [1.807, 2.05) is 0 Å². The van der Waals surface area contributed by atoms with Crippen LogP contribution in [0.4, 0.5) is 0 Å². The van der Waals surface area contributed by atoms with E-state index < -0.39 is 24.5 Å². The molecule has 1 atom stereocenters. The summed E-state index contributed by atoms with van der Waals surface area (Å²) in [5, 5.41) is 11.6. The van der Waals surface area contributed by atoms with Crippen LogP contribution in [-0.2, 0) is 9.53 Å². The number of carbonyl (C=O) groups is 2. The first-order valence-electron chi connectivity index (χ1n) is 5.65. The molecule has 108 valence electrons. The maximum Gasteiger partial charge on any atom is 0.330 e. The number of hydrogen-bond donors (Lipinski definition) is 2. The van der Waals surface area contributed by atoms with Crippen molar-refractivity contribution < 1.29 is 28.9 Å². The Balaban J connectivity index is 2.17. The highest BCUT2D eigenvalue weighted by atomic mass is 35.5. The van der Waals surface area contributed by atoms with Gasteiger partial charge in [0.15, 0.2) is 17.5 Å². The number of hydrogen-bond acceptors (Lipinski definition) is 6. The molecule has 0 spiro atoms. The molecular weight excluding hydrogens is 290 g/mol. The van der Waals surface area contributed by atoms with E-state index in [0.29, 0.717) is 11.5 Å². The molecule has 1 aliphatic rings. The van der Waals surface area contributed by atoms with E-state index in [1.54, 1.807) is 0 Å². The Kier molecular flexibility index (Phi) is 4.31. The first-order chi connectivity index (χ1) is 9.56. The highest BCUT2D eigenvalue weighted by molar-refractivity contribution is 6.32. The lowest BCUT2D eigenvalue weighted by Crippen LogP contribution is -2.44. The lowest BCUT2D eigenvalue weighted by atomic mass is 10.1. The van der Waals surface area contributed by atoms with Crippen molar-refractivity contribution in [3.63, 3.8) is 0 Å². The van der Waals surface area contributed by atoms with Gasteiger partial charge < -0.3 is 24.6 Å². The maximum absolute atomic E-state index is 12.0. The Morgan fingerprint density at radius 2 is 2.25 bits per heavy atom. The number of nitrogens with one attached hydrogen (secondary N) is 1. The van der Waals surface area contributed by atoms with E-state index in [-0.39, 0.29) is 17.4 Å². The van der Waals surface area contributed by atoms with Gasteiger partial charge in [0.1, 0.15) is 0 Å². The molecule has 0 radical (unpaired) electrons. The summed E-state index contributed by atoms with van der Waals surface area (Å²) in [6.07, 6.45) is 0. The van der Waals surface area contributed by atoms with Crippen molar-refractivity contribution in [1.29, 1.82) is 0 Å². The monoisotopic (exact) mass is 301 g/mol. The van der Waals surface area contributed by atoms with Crippen molar-refractivity contribution in [3.8, 4) is 11.5 Å². The molecule has 0 aliphatic carbocycles. The van der Waals surface area contributed by atoms with Gasteiger partial charge >= 0.3 is 5.97 Å². The molecule has 1 unspecified atom stereocenters. The quantitative estimate of drug-likeness (QED) is 0.779. The van der Waals surface area contributed by atoms with Crippen molar-refractivity contribution >= 4 is 23.5 Å². The van der Waals surface area contributed by atoms with E-state index >= 15 is 0 Å². The minimum absolute atomic E-state index is 0.0293. The van der Waals surface area contributed by atoms with Gasteiger partial charge in [0.25, 0.3) is 5.91 Å². The van der Waals surface area contributed by atoms with Gasteiger partial charge in [-0.15, -0.1) is 0 Å². The number of carbonyl (C=O) groups excluding carboxylic acids is 2. The van der Waals surface area contributed by atoms with Crippen LogP contribution in [0.2, 0.25) is 5.02 Å². The summed E-state index contributed by atoms with van der Waals surface area (Å²) in [5.74, 6) is -0.613. The van der Waals surface area contributed by atoms with Crippen molar-refractivity contribution in [2.75, 3.05) is 20.5 Å². The normalized spacial score (nSPS) is 13.8. The lowest BCUT2D eigenvalue weighted by molar-refractivity contribution is -0.143. The largest absolute Gasteiger partial charge is 0.467 e. The summed E-state index contributed by atoms with van der Waals surface area (Å²) in [6.45, 7) is -0.543. The van der Waals surface area contributed by atoms with E-state index in [2.05, 4.69) is 10.1 Å². The Morgan fingerprint density at radius 3 is 2.90 bits per heavy atom. The Labute approximate surface area is 119 Å². The topological polar surface area (TPSA) is 94.1 Å². The zero-order valence-electron chi connectivity index (χ0n) is 10.5. The number of halogens is 1. The number of benzene rings is 1. The molecule has 20 heavy (non-hydrogen) atoms. The van der Waals surface area contributed by atoms with E-state index in [9.17, 15) is 9.59 Å². The number of rotatable bonds is 4. The molecule has 0 fully saturated rings. The van der Waals surface area contributed by atoms with E-state index in [0.717, 1.165) is 7.11 Å². The molecule has 0 aromatic heterocycles. The second-order valence-corrected chi connectivity index (χ2v) is 4.33. The second kappa shape index (κ2) is 5.98. The number of aliphatic hydroxyl groups is 1. The summed E-state index contributed by atoms with van der Waals surface area (Å²) in [5.41, 5.74) is 0.182. The van der Waals surface area contributed by atoms with Gasteiger partial charge in [0, 0.05) is 5.56 Å². The molecule has 0 saturated carbocycles. The molecule has 1 heterocycles. The summed E-state index contributed by atoms with van der Waals surface area (Å²) >= 11 is 5.95. The Bertz CT molecular complexity index is 547. The number of esters is 1. The van der Waals surface area contributed by atoms with Crippen LogP contribution in [0.5, 0.6) is 11.5 Å². The molecule has 1 aromatic rings. The SMILES string of the molecule is COC(=O)C(CO)NC(=O)c1cc(Cl)c2c(c1)OCO2. The highest BCUT2D eigenvalue weighted by Gasteiger charge is 2.24. The molecule has 1 amide bonds. The average Bonchev–Trinajstić information content (AvgIpc) is 2.92. The summed E-state index contributed by atoms with van der Waals surface area (Å²) in [4.78, 5) is 23.3. The number of amides is 1. The molecule has 8 heteroatoms. The van der Waals surface area contributed by atoms with Gasteiger partial charge in [-0.1, -0.05) is 11.6 Å². The fourth-order valence-electron chi connectivity index (χ4n) is 1.66. The van der Waals surface area contributed by atoms with Crippen molar-refractivity contribution in [2.45, 2.75) is 6.04 Å². The molecule has 1 aromatic carbocycles. The van der Waals surface area contributed by atoms with Gasteiger partial charge in [-0.2, -0.15) is 0 Å². The highest BCUT2D eigenvalue weighted by Crippen LogP contribution is 2.39. The standard InChI is InChI=1S/C12H12ClNO6/c1-18-12(17)8(4-15)14-11(16)6-2-7(13)10-9(3-6)19-5-20-10/h2-3,8,15H,4-5H2,1H3,(H,14,16). The predicted octanol–water partition coefficient (Wildman–Crippen LogP) is 0.332. The third kappa shape index (κ3) is 2.78. The van der Waals surface area contributed by atoms with Crippen LogP contribution in [0.1, 0.15) is 10.4 Å². The van der Waals surface area contributed by atoms with Crippen LogP contribution >= 0.6 is 11.6 Å². The zero-order chi connectivity index (χ0) is 14.7. The molecule has 7 nitrogen and oxygen atoms in total. The van der Waals surface area contributed by atoms with Crippen LogP contribution < -0.4 is 14.8 Å². The summed E-state index contributed by atoms with van der Waals surface area (Å²) in [7, 11) is 1.16. The third-order valence-electron chi connectivity index (χ3n) is 2.66. The van der Waals surface area contributed by atoms with Gasteiger partial charge in [0.2, 0.25) is 6.79 Å². The molecule has 2 rings (SSSR count). The third-order valence-corrected chi connectivity index (χ3v) is 2.94. The minimum Gasteiger partial charge on any atom is -0.467 e. The van der Waals surface area contributed by atoms with E-state index in [4.69, 9.17) is 26.2 Å². The minimum atomic E-state index is -1.14. The van der Waals surface area contributed by atoms with Crippen LogP contribution in [0.3, 0.4) is 0 Å². The number of ether oxygens (including phenoxy) is 3.